The van der Waals surface area contributed by atoms with E-state index in [1.165, 1.54) is 20.5 Å². The minimum Gasteiger partial charge on any atom is -0.496 e. The molecule has 2 aromatic rings. The number of rotatable bonds is 1. The van der Waals surface area contributed by atoms with Gasteiger partial charge in [0.25, 0.3) is 0 Å². The predicted molar refractivity (Wildman–Crippen MR) is 68.7 cm³/mol. The molecule has 0 fully saturated rings. The number of hydrogen-bond donors (Lipinski definition) is 1. The number of benzene rings is 1. The Morgan fingerprint density at radius 3 is 3.00 bits per heavy atom. The molecule has 84 valence electrons. The van der Waals surface area contributed by atoms with Crippen molar-refractivity contribution in [3.05, 3.63) is 28.6 Å². The topological polar surface area (TPSA) is 21.3 Å². The van der Waals surface area contributed by atoms with E-state index in [1.54, 1.807) is 7.11 Å². The molecule has 0 aliphatic carbocycles. The Kier molecular flexibility index (Phi) is 2.58. The van der Waals surface area contributed by atoms with Crippen molar-refractivity contribution in [2.75, 3.05) is 20.2 Å². The molecule has 1 aromatic heterocycles. The quantitative estimate of drug-likeness (QED) is 0.817. The Bertz CT molecular complexity index is 518. The molecule has 0 unspecified atom stereocenters. The third kappa shape index (κ3) is 1.51. The summed E-state index contributed by atoms with van der Waals surface area (Å²) in [7, 11) is 1.76. The van der Waals surface area contributed by atoms with E-state index in [0.717, 1.165) is 31.7 Å². The van der Waals surface area contributed by atoms with Gasteiger partial charge in [-0.05, 0) is 43.6 Å². The normalized spacial score (nSPS) is 15.8. The zero-order valence-electron chi connectivity index (χ0n) is 9.38. The van der Waals surface area contributed by atoms with Crippen LogP contribution in [-0.2, 0) is 12.8 Å². The van der Waals surface area contributed by atoms with Crippen LogP contribution in [0.2, 0.25) is 0 Å². The molecule has 0 saturated carbocycles. The van der Waals surface area contributed by atoms with Gasteiger partial charge in [0, 0.05) is 15.0 Å². The summed E-state index contributed by atoms with van der Waals surface area (Å²) in [4.78, 5) is 1.53. The van der Waals surface area contributed by atoms with Gasteiger partial charge in [-0.1, -0.05) is 6.07 Å². The summed E-state index contributed by atoms with van der Waals surface area (Å²) in [6.45, 7) is 2.18. The first kappa shape index (κ1) is 10.1. The summed E-state index contributed by atoms with van der Waals surface area (Å²) in [6, 6.07) is 6.34. The van der Waals surface area contributed by atoms with Crippen LogP contribution in [0.25, 0.3) is 10.1 Å². The summed E-state index contributed by atoms with van der Waals surface area (Å²) in [5, 5.41) is 4.79. The highest BCUT2D eigenvalue weighted by atomic mass is 32.1. The minimum absolute atomic E-state index is 1.02. The van der Waals surface area contributed by atoms with Crippen molar-refractivity contribution in [3.8, 4) is 5.75 Å². The molecule has 3 rings (SSSR count). The molecule has 0 atom stereocenters. The summed E-state index contributed by atoms with van der Waals surface area (Å²) in [5.41, 5.74) is 1.50. The first-order valence-corrected chi connectivity index (χ1v) is 6.50. The molecule has 0 amide bonds. The fourth-order valence-electron chi connectivity index (χ4n) is 2.40. The third-order valence-electron chi connectivity index (χ3n) is 3.16. The van der Waals surface area contributed by atoms with Crippen LogP contribution in [0.15, 0.2) is 18.2 Å². The maximum absolute atomic E-state index is 5.48. The molecule has 1 N–H and O–H groups in total. The van der Waals surface area contributed by atoms with Crippen molar-refractivity contribution in [1.29, 1.82) is 0 Å². The number of nitrogens with one attached hydrogen (secondary N) is 1. The lowest BCUT2D eigenvalue weighted by Crippen LogP contribution is -2.16. The van der Waals surface area contributed by atoms with Crippen molar-refractivity contribution >= 4 is 21.4 Å². The van der Waals surface area contributed by atoms with E-state index in [0.29, 0.717) is 0 Å². The maximum atomic E-state index is 5.48. The molecule has 0 radical (unpaired) electrons. The first-order chi connectivity index (χ1) is 7.90. The zero-order chi connectivity index (χ0) is 11.0. The van der Waals surface area contributed by atoms with Gasteiger partial charge >= 0.3 is 0 Å². The molecule has 16 heavy (non-hydrogen) atoms. The zero-order valence-corrected chi connectivity index (χ0v) is 10.2. The number of methoxy groups -OCH3 is 1. The fourth-order valence-corrected chi connectivity index (χ4v) is 3.67. The molecule has 0 saturated heterocycles. The fraction of sp³-hybridized carbons (Fsp3) is 0.385. The van der Waals surface area contributed by atoms with Gasteiger partial charge in [-0.3, -0.25) is 0 Å². The van der Waals surface area contributed by atoms with Gasteiger partial charge in [-0.25, -0.2) is 0 Å². The second kappa shape index (κ2) is 4.07. The largest absolute Gasteiger partial charge is 0.496 e. The van der Waals surface area contributed by atoms with Gasteiger partial charge in [0.2, 0.25) is 0 Å². The standard InChI is InChI=1S/C13H15NOS/c1-15-10-3-2-4-12-13(10)9-5-7-14-8-6-11(9)16-12/h2-4,14H,5-8H2,1H3. The molecule has 1 aliphatic heterocycles. The summed E-state index contributed by atoms with van der Waals surface area (Å²) < 4.78 is 6.85. The van der Waals surface area contributed by atoms with Crippen LogP contribution < -0.4 is 10.1 Å². The lowest BCUT2D eigenvalue weighted by atomic mass is 10.1. The highest BCUT2D eigenvalue weighted by Crippen LogP contribution is 2.38. The first-order valence-electron chi connectivity index (χ1n) is 5.68. The predicted octanol–water partition coefficient (Wildman–Crippen LogP) is 2.60. The molecule has 2 heterocycles. The van der Waals surface area contributed by atoms with Crippen LogP contribution in [0.1, 0.15) is 10.4 Å². The van der Waals surface area contributed by atoms with E-state index in [2.05, 4.69) is 23.5 Å². The second-order valence-corrected chi connectivity index (χ2v) is 5.22. The van der Waals surface area contributed by atoms with Crippen LogP contribution in [0.3, 0.4) is 0 Å². The van der Waals surface area contributed by atoms with Gasteiger partial charge in [-0.15, -0.1) is 11.3 Å². The van der Waals surface area contributed by atoms with Crippen LogP contribution in [0.5, 0.6) is 5.75 Å². The summed E-state index contributed by atoms with van der Waals surface area (Å²) in [6.07, 6.45) is 2.27. The van der Waals surface area contributed by atoms with E-state index < -0.39 is 0 Å². The molecule has 2 nitrogen and oxygen atoms in total. The van der Waals surface area contributed by atoms with Gasteiger partial charge in [0.15, 0.2) is 0 Å². The molecule has 3 heteroatoms. The third-order valence-corrected chi connectivity index (χ3v) is 4.42. The van der Waals surface area contributed by atoms with E-state index in [4.69, 9.17) is 4.74 Å². The van der Waals surface area contributed by atoms with Crippen molar-refractivity contribution < 1.29 is 4.74 Å². The molecule has 1 aliphatic rings. The average molecular weight is 233 g/mol. The SMILES string of the molecule is COc1cccc2sc3c(c12)CCNCC3. The van der Waals surface area contributed by atoms with E-state index in [1.807, 2.05) is 11.3 Å². The number of thiophene rings is 1. The Labute approximate surface area is 99.2 Å². The van der Waals surface area contributed by atoms with Crippen molar-refractivity contribution in [2.45, 2.75) is 12.8 Å². The number of fused-ring (bicyclic) bond motifs is 3. The van der Waals surface area contributed by atoms with E-state index in [-0.39, 0.29) is 0 Å². The van der Waals surface area contributed by atoms with Gasteiger partial charge < -0.3 is 10.1 Å². The summed E-state index contributed by atoms with van der Waals surface area (Å²) in [5.74, 6) is 1.02. The van der Waals surface area contributed by atoms with Gasteiger partial charge in [0.1, 0.15) is 5.75 Å². The summed E-state index contributed by atoms with van der Waals surface area (Å²) >= 11 is 1.92. The molecule has 0 bridgehead atoms. The number of hydrogen-bond acceptors (Lipinski definition) is 3. The Morgan fingerprint density at radius 1 is 1.25 bits per heavy atom. The highest BCUT2D eigenvalue weighted by Gasteiger charge is 2.16. The van der Waals surface area contributed by atoms with Crippen LogP contribution >= 0.6 is 11.3 Å². The average Bonchev–Trinajstić information content (AvgIpc) is 2.52. The molecular weight excluding hydrogens is 218 g/mol. The van der Waals surface area contributed by atoms with E-state index >= 15 is 0 Å². The van der Waals surface area contributed by atoms with Crippen LogP contribution in [-0.4, -0.2) is 20.2 Å². The van der Waals surface area contributed by atoms with Crippen molar-refractivity contribution in [3.63, 3.8) is 0 Å². The van der Waals surface area contributed by atoms with Crippen LogP contribution in [0.4, 0.5) is 0 Å². The van der Waals surface area contributed by atoms with Crippen molar-refractivity contribution in [1.82, 2.24) is 5.32 Å². The lowest BCUT2D eigenvalue weighted by molar-refractivity contribution is 0.419. The maximum Gasteiger partial charge on any atom is 0.127 e. The van der Waals surface area contributed by atoms with E-state index in [9.17, 15) is 0 Å². The minimum atomic E-state index is 1.02. The Hall–Kier alpha value is -1.06. The molecule has 0 spiro atoms. The molecule has 1 aromatic carbocycles. The number of ether oxygens (including phenoxy) is 1. The molecular formula is C13H15NOS. The van der Waals surface area contributed by atoms with Gasteiger partial charge in [0.05, 0.1) is 7.11 Å². The van der Waals surface area contributed by atoms with Gasteiger partial charge in [-0.2, -0.15) is 0 Å². The monoisotopic (exact) mass is 233 g/mol. The Morgan fingerprint density at radius 2 is 2.12 bits per heavy atom. The Balaban J connectivity index is 2.27. The van der Waals surface area contributed by atoms with Crippen LogP contribution in [0, 0.1) is 0 Å². The smallest absolute Gasteiger partial charge is 0.127 e. The lowest BCUT2D eigenvalue weighted by Gasteiger charge is -2.04. The second-order valence-electron chi connectivity index (χ2n) is 4.09. The van der Waals surface area contributed by atoms with Crippen molar-refractivity contribution in [2.24, 2.45) is 0 Å². The highest BCUT2D eigenvalue weighted by molar-refractivity contribution is 7.19.